The van der Waals surface area contributed by atoms with E-state index in [1.165, 1.54) is 19.2 Å². The molecule has 1 heterocycles. The fourth-order valence-electron chi connectivity index (χ4n) is 3.65. The third kappa shape index (κ3) is 4.14. The number of para-hydroxylation sites is 1. The van der Waals surface area contributed by atoms with E-state index in [1.54, 1.807) is 48.5 Å². The van der Waals surface area contributed by atoms with Gasteiger partial charge in [0.1, 0.15) is 17.2 Å². The number of fused-ring (bicyclic) bond motifs is 1. The number of anilines is 3. The van der Waals surface area contributed by atoms with Crippen LogP contribution < -0.4 is 19.3 Å². The highest BCUT2D eigenvalue weighted by Gasteiger charge is 2.43. The van der Waals surface area contributed by atoms with E-state index in [4.69, 9.17) is 4.74 Å². The summed E-state index contributed by atoms with van der Waals surface area (Å²) < 4.78 is 32.6. The Bertz CT molecular complexity index is 1340. The van der Waals surface area contributed by atoms with Crippen LogP contribution in [0.4, 0.5) is 21.9 Å². The van der Waals surface area contributed by atoms with E-state index in [9.17, 15) is 18.0 Å². The lowest BCUT2D eigenvalue weighted by atomic mass is 10.2. The van der Waals surface area contributed by atoms with Crippen molar-refractivity contribution < 1.29 is 22.7 Å². The number of hydrogen-bond acceptors (Lipinski definition) is 5. The van der Waals surface area contributed by atoms with Crippen molar-refractivity contribution in [2.45, 2.75) is 18.7 Å². The van der Waals surface area contributed by atoms with Crippen molar-refractivity contribution >= 4 is 39.0 Å². The molecule has 0 aliphatic carbocycles. The Labute approximate surface area is 192 Å². The van der Waals surface area contributed by atoms with Gasteiger partial charge >= 0.3 is 6.03 Å². The second-order valence-corrected chi connectivity index (χ2v) is 9.45. The summed E-state index contributed by atoms with van der Waals surface area (Å²) >= 11 is 0. The quantitative estimate of drug-likeness (QED) is 0.612. The maximum Gasteiger partial charge on any atom is 0.343 e. The maximum absolute atomic E-state index is 13.4. The predicted molar refractivity (Wildman–Crippen MR) is 126 cm³/mol. The minimum atomic E-state index is -4.15. The molecule has 1 aliphatic heterocycles. The van der Waals surface area contributed by atoms with Crippen molar-refractivity contribution in [3.05, 3.63) is 77.9 Å². The third-order valence-corrected chi connectivity index (χ3v) is 7.03. The molecule has 0 saturated heterocycles. The van der Waals surface area contributed by atoms with Gasteiger partial charge in [0, 0.05) is 0 Å². The van der Waals surface area contributed by atoms with Crippen LogP contribution in [0.5, 0.6) is 5.75 Å². The Hall–Kier alpha value is -3.85. The van der Waals surface area contributed by atoms with Crippen molar-refractivity contribution in [2.24, 2.45) is 0 Å². The first-order valence-electron chi connectivity index (χ1n) is 10.2. The highest BCUT2D eigenvalue weighted by molar-refractivity contribution is 7.94. The molecular formula is C24H23N3O5S. The molecule has 9 heteroatoms. The van der Waals surface area contributed by atoms with Crippen LogP contribution in [0.15, 0.2) is 71.6 Å². The molecule has 0 saturated carbocycles. The molecule has 0 unspecified atom stereocenters. The number of carbonyl (C=O) groups excluding carboxylic acids is 2. The van der Waals surface area contributed by atoms with Gasteiger partial charge in [-0.2, -0.15) is 4.31 Å². The lowest BCUT2D eigenvalue weighted by Gasteiger charge is -2.35. The molecule has 33 heavy (non-hydrogen) atoms. The van der Waals surface area contributed by atoms with Gasteiger partial charge < -0.3 is 10.1 Å². The number of carbonyl (C=O) groups is 2. The van der Waals surface area contributed by atoms with E-state index in [-0.39, 0.29) is 22.8 Å². The van der Waals surface area contributed by atoms with E-state index >= 15 is 0 Å². The molecule has 3 aromatic rings. The molecule has 3 amide bonds. The number of aryl methyl sites for hydroxylation is 2. The summed E-state index contributed by atoms with van der Waals surface area (Å²) in [6, 6.07) is 17.2. The second-order valence-electron chi connectivity index (χ2n) is 7.69. The van der Waals surface area contributed by atoms with Crippen LogP contribution in [0.3, 0.4) is 0 Å². The number of methoxy groups -OCH3 is 1. The van der Waals surface area contributed by atoms with E-state index in [0.29, 0.717) is 11.4 Å². The molecule has 0 atom stereocenters. The van der Waals surface area contributed by atoms with Crippen molar-refractivity contribution in [3.8, 4) is 5.75 Å². The summed E-state index contributed by atoms with van der Waals surface area (Å²) in [5, 5.41) is 2.76. The molecule has 0 fully saturated rings. The van der Waals surface area contributed by atoms with E-state index < -0.39 is 22.0 Å². The number of nitrogens with zero attached hydrogens (tertiary/aromatic N) is 2. The average Bonchev–Trinajstić information content (AvgIpc) is 2.78. The smallest absolute Gasteiger partial charge is 0.343 e. The number of urea groups is 1. The van der Waals surface area contributed by atoms with Gasteiger partial charge in [-0.25, -0.2) is 13.2 Å². The van der Waals surface area contributed by atoms with E-state index in [0.717, 1.165) is 20.3 Å². The van der Waals surface area contributed by atoms with Crippen molar-refractivity contribution in [2.75, 3.05) is 28.2 Å². The molecule has 0 bridgehead atoms. The minimum Gasteiger partial charge on any atom is -0.495 e. The van der Waals surface area contributed by atoms with Crippen LogP contribution in [-0.4, -0.2) is 34.0 Å². The fourth-order valence-corrected chi connectivity index (χ4v) is 5.24. The largest absolute Gasteiger partial charge is 0.495 e. The molecule has 0 aromatic heterocycles. The number of benzene rings is 3. The SMILES string of the molecule is COc1ccc(C)cc1NC(=O)CN1C(=O)N(c2ccc(C)cc2)S(=O)(=O)c2ccccc21. The zero-order chi connectivity index (χ0) is 23.8. The second kappa shape index (κ2) is 8.59. The summed E-state index contributed by atoms with van der Waals surface area (Å²) in [6.07, 6.45) is 0. The average molecular weight is 466 g/mol. The van der Waals surface area contributed by atoms with Crippen molar-refractivity contribution in [3.63, 3.8) is 0 Å². The highest BCUT2D eigenvalue weighted by Crippen LogP contribution is 2.37. The molecule has 4 rings (SSSR count). The number of sulfonamides is 1. The lowest BCUT2D eigenvalue weighted by molar-refractivity contribution is -0.114. The Morgan fingerprint density at radius 2 is 1.64 bits per heavy atom. The summed E-state index contributed by atoms with van der Waals surface area (Å²) in [4.78, 5) is 27.5. The first kappa shape index (κ1) is 22.3. The zero-order valence-electron chi connectivity index (χ0n) is 18.4. The third-order valence-electron chi connectivity index (χ3n) is 5.28. The van der Waals surface area contributed by atoms with Crippen molar-refractivity contribution in [1.82, 2.24) is 0 Å². The molecule has 3 aromatic carbocycles. The van der Waals surface area contributed by atoms with Crippen LogP contribution >= 0.6 is 0 Å². The van der Waals surface area contributed by atoms with Crippen LogP contribution in [0, 0.1) is 13.8 Å². The van der Waals surface area contributed by atoms with Gasteiger partial charge in [0.05, 0.1) is 24.2 Å². The van der Waals surface area contributed by atoms with Gasteiger partial charge in [-0.15, -0.1) is 0 Å². The van der Waals surface area contributed by atoms with Crippen LogP contribution in [0.25, 0.3) is 0 Å². The van der Waals surface area contributed by atoms with Gasteiger partial charge in [-0.1, -0.05) is 35.9 Å². The van der Waals surface area contributed by atoms with Crippen LogP contribution in [0.2, 0.25) is 0 Å². The maximum atomic E-state index is 13.4. The highest BCUT2D eigenvalue weighted by atomic mass is 32.2. The Morgan fingerprint density at radius 1 is 0.970 bits per heavy atom. The van der Waals surface area contributed by atoms with Gasteiger partial charge in [-0.3, -0.25) is 9.69 Å². The lowest BCUT2D eigenvalue weighted by Crippen LogP contribution is -2.53. The zero-order valence-corrected chi connectivity index (χ0v) is 19.2. The van der Waals surface area contributed by atoms with Gasteiger partial charge in [0.25, 0.3) is 10.0 Å². The monoisotopic (exact) mass is 465 g/mol. The molecular weight excluding hydrogens is 442 g/mol. The minimum absolute atomic E-state index is 0.0499. The topological polar surface area (TPSA) is 96.0 Å². The standard InChI is InChI=1S/C24H23N3O5S/c1-16-8-11-18(12-9-16)27-24(29)26(20-6-4-5-7-22(20)33(27,30)31)15-23(28)25-19-14-17(2)10-13-21(19)32-3/h4-14H,15H2,1-3H3,(H,25,28). The molecule has 0 radical (unpaired) electrons. The number of hydrogen-bond donors (Lipinski definition) is 1. The molecule has 170 valence electrons. The molecule has 1 aliphatic rings. The summed E-state index contributed by atoms with van der Waals surface area (Å²) in [7, 11) is -2.66. The fraction of sp³-hybridized carbons (Fsp3) is 0.167. The Morgan fingerprint density at radius 3 is 2.33 bits per heavy atom. The van der Waals surface area contributed by atoms with E-state index in [2.05, 4.69) is 5.32 Å². The summed E-state index contributed by atoms with van der Waals surface area (Å²) in [6.45, 7) is 3.36. The molecule has 1 N–H and O–H groups in total. The number of amides is 3. The number of nitrogens with one attached hydrogen (secondary N) is 1. The van der Waals surface area contributed by atoms with Crippen LogP contribution in [0.1, 0.15) is 11.1 Å². The van der Waals surface area contributed by atoms with E-state index in [1.807, 2.05) is 19.9 Å². The van der Waals surface area contributed by atoms with Gasteiger partial charge in [-0.05, 0) is 55.8 Å². The Kier molecular flexibility index (Phi) is 5.82. The summed E-state index contributed by atoms with van der Waals surface area (Å²) in [5.41, 5.74) is 2.65. The van der Waals surface area contributed by atoms with Gasteiger partial charge in [0.2, 0.25) is 5.91 Å². The first-order valence-corrected chi connectivity index (χ1v) is 11.6. The number of ether oxygens (including phenoxy) is 1. The van der Waals surface area contributed by atoms with Gasteiger partial charge in [0.15, 0.2) is 0 Å². The Balaban J connectivity index is 1.71. The first-order chi connectivity index (χ1) is 15.7. The number of rotatable bonds is 5. The molecule has 8 nitrogen and oxygen atoms in total. The normalized spacial score (nSPS) is 14.6. The predicted octanol–water partition coefficient (Wildman–Crippen LogP) is 4.09. The molecule has 0 spiro atoms. The van der Waals surface area contributed by atoms with Crippen LogP contribution in [-0.2, 0) is 14.8 Å². The summed E-state index contributed by atoms with van der Waals surface area (Å²) in [5.74, 6) is -0.0200. The van der Waals surface area contributed by atoms with Crippen molar-refractivity contribution in [1.29, 1.82) is 0 Å².